The molecule has 1 heterocycles. The smallest absolute Gasteiger partial charge is 0.163 e. The topological polar surface area (TPSA) is 38.7 Å². The van der Waals surface area contributed by atoms with Gasteiger partial charge in [-0.2, -0.15) is 0 Å². The van der Waals surface area contributed by atoms with Gasteiger partial charge < -0.3 is 14.6 Å². The van der Waals surface area contributed by atoms with Crippen LogP contribution in [-0.4, -0.2) is 29.7 Å². The van der Waals surface area contributed by atoms with Crippen molar-refractivity contribution in [3.8, 4) is 0 Å². The van der Waals surface area contributed by atoms with Gasteiger partial charge in [-0.05, 0) is 20.3 Å². The zero-order valence-corrected chi connectivity index (χ0v) is 7.33. The van der Waals surface area contributed by atoms with E-state index in [1.54, 1.807) is 0 Å². The van der Waals surface area contributed by atoms with Crippen molar-refractivity contribution in [1.82, 2.24) is 0 Å². The summed E-state index contributed by atoms with van der Waals surface area (Å²) in [5.41, 5.74) is 0. The summed E-state index contributed by atoms with van der Waals surface area (Å²) in [6, 6.07) is 0. The fraction of sp³-hybridized carbons (Fsp3) is 1.00. The van der Waals surface area contributed by atoms with Gasteiger partial charge in [-0.1, -0.05) is 6.92 Å². The lowest BCUT2D eigenvalue weighted by atomic mass is 10.2. The maximum Gasteiger partial charge on any atom is 0.163 e. The van der Waals surface area contributed by atoms with Gasteiger partial charge in [-0.25, -0.2) is 0 Å². The number of hydrogen-bond acceptors (Lipinski definition) is 3. The molecule has 1 fully saturated rings. The van der Waals surface area contributed by atoms with Crippen molar-refractivity contribution >= 4 is 0 Å². The zero-order valence-electron chi connectivity index (χ0n) is 7.33. The van der Waals surface area contributed by atoms with Gasteiger partial charge in [0.25, 0.3) is 0 Å². The van der Waals surface area contributed by atoms with Crippen LogP contribution < -0.4 is 0 Å². The van der Waals surface area contributed by atoms with Crippen LogP contribution in [0.5, 0.6) is 0 Å². The third-order valence-corrected chi connectivity index (χ3v) is 1.87. The highest BCUT2D eigenvalue weighted by Gasteiger charge is 2.39. The second kappa shape index (κ2) is 3.09. The van der Waals surface area contributed by atoms with E-state index in [0.717, 1.165) is 6.42 Å². The standard InChI is InChI=1S/C8H16O3/c1-4-6-7(5-9)11-8(2,3)10-6/h6-7,9H,4-5H2,1-3H3/t6-,7+/m0/s1. The van der Waals surface area contributed by atoms with Crippen LogP contribution in [0, 0.1) is 0 Å². The molecule has 0 saturated carbocycles. The predicted octanol–water partition coefficient (Wildman–Crippen LogP) is 0.909. The Kier molecular flexibility index (Phi) is 2.52. The minimum Gasteiger partial charge on any atom is -0.394 e. The molecule has 1 N–H and O–H groups in total. The quantitative estimate of drug-likeness (QED) is 0.652. The molecule has 0 radical (unpaired) electrons. The molecule has 0 spiro atoms. The lowest BCUT2D eigenvalue weighted by Gasteiger charge is -2.16. The Balaban J connectivity index is 2.55. The summed E-state index contributed by atoms with van der Waals surface area (Å²) in [4.78, 5) is 0. The first-order valence-electron chi connectivity index (χ1n) is 4.05. The molecule has 3 nitrogen and oxygen atoms in total. The number of hydrogen-bond donors (Lipinski definition) is 1. The molecule has 0 amide bonds. The molecule has 0 bridgehead atoms. The van der Waals surface area contributed by atoms with Crippen molar-refractivity contribution < 1.29 is 14.6 Å². The monoisotopic (exact) mass is 160 g/mol. The van der Waals surface area contributed by atoms with Crippen molar-refractivity contribution in [2.24, 2.45) is 0 Å². The van der Waals surface area contributed by atoms with Gasteiger partial charge in [-0.3, -0.25) is 0 Å². The van der Waals surface area contributed by atoms with E-state index >= 15 is 0 Å². The number of rotatable bonds is 2. The Morgan fingerprint density at radius 1 is 1.27 bits per heavy atom. The molecule has 1 saturated heterocycles. The van der Waals surface area contributed by atoms with Crippen LogP contribution in [0.25, 0.3) is 0 Å². The van der Waals surface area contributed by atoms with Gasteiger partial charge in [0.05, 0.1) is 12.7 Å². The molecule has 0 aliphatic carbocycles. The van der Waals surface area contributed by atoms with Crippen molar-refractivity contribution in [2.45, 2.75) is 45.2 Å². The molecule has 1 rings (SSSR count). The van der Waals surface area contributed by atoms with Crippen LogP contribution in [0.3, 0.4) is 0 Å². The molecule has 0 aromatic carbocycles. The maximum atomic E-state index is 8.89. The van der Waals surface area contributed by atoms with E-state index in [-0.39, 0.29) is 18.8 Å². The van der Waals surface area contributed by atoms with Crippen molar-refractivity contribution in [3.05, 3.63) is 0 Å². The predicted molar refractivity (Wildman–Crippen MR) is 41.2 cm³/mol. The van der Waals surface area contributed by atoms with Crippen LogP contribution in [0.4, 0.5) is 0 Å². The number of ether oxygens (including phenoxy) is 2. The average molecular weight is 160 g/mol. The summed E-state index contributed by atoms with van der Waals surface area (Å²) in [7, 11) is 0. The Bertz CT molecular complexity index is 119. The fourth-order valence-corrected chi connectivity index (χ4v) is 1.41. The molecule has 0 aromatic rings. The Morgan fingerprint density at radius 3 is 2.18 bits per heavy atom. The fourth-order valence-electron chi connectivity index (χ4n) is 1.41. The van der Waals surface area contributed by atoms with Gasteiger partial charge in [-0.15, -0.1) is 0 Å². The van der Waals surface area contributed by atoms with E-state index in [4.69, 9.17) is 14.6 Å². The van der Waals surface area contributed by atoms with E-state index in [0.29, 0.717) is 0 Å². The number of aliphatic hydroxyl groups excluding tert-OH is 1. The Hall–Kier alpha value is -0.120. The maximum absolute atomic E-state index is 8.89. The van der Waals surface area contributed by atoms with E-state index in [1.807, 2.05) is 20.8 Å². The van der Waals surface area contributed by atoms with E-state index in [1.165, 1.54) is 0 Å². The first-order chi connectivity index (χ1) is 5.09. The van der Waals surface area contributed by atoms with E-state index in [9.17, 15) is 0 Å². The largest absolute Gasteiger partial charge is 0.394 e. The molecule has 1 aliphatic rings. The minimum absolute atomic E-state index is 0.0436. The SMILES string of the molecule is CC[C@@H]1OC(C)(C)O[C@@H]1CO. The Labute approximate surface area is 67.3 Å². The highest BCUT2D eigenvalue weighted by Crippen LogP contribution is 2.29. The molecule has 1 aliphatic heterocycles. The first-order valence-corrected chi connectivity index (χ1v) is 4.05. The third kappa shape index (κ3) is 1.92. The van der Waals surface area contributed by atoms with Gasteiger partial charge >= 0.3 is 0 Å². The van der Waals surface area contributed by atoms with Crippen molar-refractivity contribution in [1.29, 1.82) is 0 Å². The lowest BCUT2D eigenvalue weighted by Crippen LogP contribution is -2.25. The molecule has 0 aromatic heterocycles. The van der Waals surface area contributed by atoms with Crippen LogP contribution in [-0.2, 0) is 9.47 Å². The molecule has 3 heteroatoms. The van der Waals surface area contributed by atoms with Crippen LogP contribution in [0.1, 0.15) is 27.2 Å². The summed E-state index contributed by atoms with van der Waals surface area (Å²) >= 11 is 0. The third-order valence-electron chi connectivity index (χ3n) is 1.87. The van der Waals surface area contributed by atoms with Crippen LogP contribution in [0.2, 0.25) is 0 Å². The molecular weight excluding hydrogens is 144 g/mol. The second-order valence-electron chi connectivity index (χ2n) is 3.30. The summed E-state index contributed by atoms with van der Waals surface area (Å²) in [5.74, 6) is -0.520. The molecule has 2 atom stereocenters. The minimum atomic E-state index is -0.520. The summed E-state index contributed by atoms with van der Waals surface area (Å²) in [6.07, 6.45) is 0.791. The van der Waals surface area contributed by atoms with Crippen LogP contribution in [0.15, 0.2) is 0 Å². The van der Waals surface area contributed by atoms with E-state index < -0.39 is 5.79 Å². The average Bonchev–Trinajstić information content (AvgIpc) is 2.25. The van der Waals surface area contributed by atoms with Gasteiger partial charge in [0.15, 0.2) is 5.79 Å². The van der Waals surface area contributed by atoms with Gasteiger partial charge in [0.1, 0.15) is 6.10 Å². The molecule has 66 valence electrons. The van der Waals surface area contributed by atoms with Gasteiger partial charge in [0, 0.05) is 0 Å². The first kappa shape index (κ1) is 8.97. The second-order valence-corrected chi connectivity index (χ2v) is 3.30. The summed E-state index contributed by atoms with van der Waals surface area (Å²) in [6.45, 7) is 5.80. The molecular formula is C8H16O3. The normalized spacial score (nSPS) is 36.0. The zero-order chi connectivity index (χ0) is 8.48. The molecule has 0 unspecified atom stereocenters. The summed E-state index contributed by atoms with van der Waals surface area (Å²) < 4.78 is 10.9. The molecule has 11 heavy (non-hydrogen) atoms. The van der Waals surface area contributed by atoms with Crippen LogP contribution >= 0.6 is 0 Å². The van der Waals surface area contributed by atoms with Crippen molar-refractivity contribution in [2.75, 3.05) is 6.61 Å². The summed E-state index contributed by atoms with van der Waals surface area (Å²) in [5, 5.41) is 8.89. The number of aliphatic hydroxyl groups is 1. The highest BCUT2D eigenvalue weighted by atomic mass is 16.8. The Morgan fingerprint density at radius 2 is 1.82 bits per heavy atom. The van der Waals surface area contributed by atoms with E-state index in [2.05, 4.69) is 0 Å². The van der Waals surface area contributed by atoms with Crippen molar-refractivity contribution in [3.63, 3.8) is 0 Å². The highest BCUT2D eigenvalue weighted by molar-refractivity contribution is 4.79. The van der Waals surface area contributed by atoms with Gasteiger partial charge in [0.2, 0.25) is 0 Å². The lowest BCUT2D eigenvalue weighted by molar-refractivity contribution is -0.149.